The van der Waals surface area contributed by atoms with Crippen LogP contribution in [-0.4, -0.2) is 50.7 Å². The topological polar surface area (TPSA) is 128 Å². The number of aryl methyl sites for hydroxylation is 1. The molecule has 43 heavy (non-hydrogen) atoms. The highest BCUT2D eigenvalue weighted by atomic mass is 35.5. The molecule has 0 saturated carbocycles. The summed E-state index contributed by atoms with van der Waals surface area (Å²) < 4.78 is 5.46. The van der Waals surface area contributed by atoms with Gasteiger partial charge in [-0.15, -0.1) is 0 Å². The zero-order valence-corrected chi connectivity index (χ0v) is 26.1. The molecule has 230 valence electrons. The number of amides is 3. The molecule has 0 saturated heterocycles. The molecule has 0 bridgehead atoms. The second kappa shape index (κ2) is 14.3. The van der Waals surface area contributed by atoms with Gasteiger partial charge in [0.05, 0.1) is 10.7 Å². The fraction of sp³-hybridized carbons (Fsp3) is 0.364. The van der Waals surface area contributed by atoms with E-state index in [1.54, 1.807) is 83.1 Å². The number of phenolic OH excluding ortho intramolecular Hbond substituents is 2. The zero-order chi connectivity index (χ0) is 31.9. The summed E-state index contributed by atoms with van der Waals surface area (Å²) >= 11 is 6.43. The van der Waals surface area contributed by atoms with E-state index in [2.05, 4.69) is 10.6 Å². The van der Waals surface area contributed by atoms with E-state index in [0.29, 0.717) is 22.7 Å². The first-order chi connectivity index (χ1) is 20.2. The SMILES string of the molecule is CCC(C)N(C(=O)C(Cc1ccc(O)cc1)NC(=O)OC(C)(C)C)C(C(=O)Nc1c(C)cccc1Cl)c1ccccc1O. The van der Waals surface area contributed by atoms with Gasteiger partial charge in [0, 0.05) is 18.0 Å². The molecule has 3 aromatic rings. The molecule has 0 fully saturated rings. The van der Waals surface area contributed by atoms with E-state index in [1.807, 2.05) is 6.92 Å². The first-order valence-corrected chi connectivity index (χ1v) is 14.5. The number of benzene rings is 3. The molecule has 0 aliphatic rings. The maximum Gasteiger partial charge on any atom is 0.408 e. The quantitative estimate of drug-likeness (QED) is 0.208. The van der Waals surface area contributed by atoms with Crippen LogP contribution >= 0.6 is 11.6 Å². The van der Waals surface area contributed by atoms with E-state index in [1.165, 1.54) is 23.1 Å². The van der Waals surface area contributed by atoms with Gasteiger partial charge in [-0.3, -0.25) is 9.59 Å². The first kappa shape index (κ1) is 33.3. The van der Waals surface area contributed by atoms with Gasteiger partial charge in [-0.2, -0.15) is 0 Å². The summed E-state index contributed by atoms with van der Waals surface area (Å²) in [5.41, 5.74) is 1.15. The van der Waals surface area contributed by atoms with Crippen LogP contribution in [0, 0.1) is 6.92 Å². The lowest BCUT2D eigenvalue weighted by molar-refractivity contribution is -0.143. The van der Waals surface area contributed by atoms with Crippen molar-refractivity contribution in [1.29, 1.82) is 0 Å². The van der Waals surface area contributed by atoms with Crippen LogP contribution in [0.25, 0.3) is 0 Å². The Labute approximate surface area is 257 Å². The lowest BCUT2D eigenvalue weighted by Crippen LogP contribution is -2.55. The molecule has 0 aromatic heterocycles. The van der Waals surface area contributed by atoms with E-state index in [-0.39, 0.29) is 23.5 Å². The highest BCUT2D eigenvalue weighted by molar-refractivity contribution is 6.34. The monoisotopic (exact) mass is 609 g/mol. The van der Waals surface area contributed by atoms with Crippen molar-refractivity contribution in [2.45, 2.75) is 78.1 Å². The van der Waals surface area contributed by atoms with Crippen LogP contribution in [0.4, 0.5) is 10.5 Å². The Hall–Kier alpha value is -4.24. The van der Waals surface area contributed by atoms with Crippen molar-refractivity contribution in [2.75, 3.05) is 5.32 Å². The van der Waals surface area contributed by atoms with E-state index in [9.17, 15) is 24.6 Å². The summed E-state index contributed by atoms with van der Waals surface area (Å²) in [6.07, 6.45) is -0.291. The molecule has 3 aromatic carbocycles. The Morgan fingerprint density at radius 1 is 0.977 bits per heavy atom. The summed E-state index contributed by atoms with van der Waals surface area (Å²) in [6.45, 7) is 10.6. The predicted octanol–water partition coefficient (Wildman–Crippen LogP) is 6.50. The number of phenols is 2. The Kier molecular flexibility index (Phi) is 11.1. The number of hydrogen-bond acceptors (Lipinski definition) is 6. The van der Waals surface area contributed by atoms with Gasteiger partial charge >= 0.3 is 6.09 Å². The van der Waals surface area contributed by atoms with Crippen molar-refractivity contribution < 1.29 is 29.3 Å². The molecule has 4 N–H and O–H groups in total. The van der Waals surface area contributed by atoms with Crippen molar-refractivity contribution in [1.82, 2.24) is 10.2 Å². The van der Waals surface area contributed by atoms with Crippen LogP contribution in [0.5, 0.6) is 11.5 Å². The number of rotatable bonds is 10. The number of alkyl carbamates (subject to hydrolysis) is 1. The number of nitrogens with zero attached hydrogens (tertiary/aromatic N) is 1. The number of ether oxygens (including phenoxy) is 1. The molecule has 3 rings (SSSR count). The Balaban J connectivity index is 2.13. The third-order valence-corrected chi connectivity index (χ3v) is 7.23. The van der Waals surface area contributed by atoms with Crippen molar-refractivity contribution in [3.8, 4) is 11.5 Å². The van der Waals surface area contributed by atoms with Gasteiger partial charge in [-0.05, 0) is 76.4 Å². The standard InChI is InChI=1S/C33H40ClN3O6/c1-7-21(3)37(31(41)26(35-32(42)43-33(4,5)6)19-22-15-17-23(38)18-16-22)29(24-12-8-9-14-27(24)39)30(40)36-28-20(2)11-10-13-25(28)34/h8-18,21,26,29,38-39H,7,19H2,1-6H3,(H,35,42)(H,36,40). The number of carbonyl (C=O) groups is 3. The molecule has 0 aliphatic carbocycles. The summed E-state index contributed by atoms with van der Waals surface area (Å²) in [6, 6.07) is 14.8. The smallest absolute Gasteiger partial charge is 0.408 e. The molecule has 3 amide bonds. The normalized spacial score (nSPS) is 13.4. The Bertz CT molecular complexity index is 1420. The van der Waals surface area contributed by atoms with Gasteiger partial charge in [-0.1, -0.05) is 61.0 Å². The van der Waals surface area contributed by atoms with Crippen molar-refractivity contribution >= 4 is 35.2 Å². The van der Waals surface area contributed by atoms with Crippen LogP contribution < -0.4 is 10.6 Å². The maximum absolute atomic E-state index is 14.6. The molecular formula is C33H40ClN3O6. The second-order valence-corrected chi connectivity index (χ2v) is 11.9. The highest BCUT2D eigenvalue weighted by Crippen LogP contribution is 2.34. The number of carbonyl (C=O) groups excluding carboxylic acids is 3. The molecule has 9 nitrogen and oxygen atoms in total. The number of anilines is 1. The minimum atomic E-state index is -1.29. The fourth-order valence-electron chi connectivity index (χ4n) is 4.61. The van der Waals surface area contributed by atoms with Crippen LogP contribution in [0.1, 0.15) is 63.8 Å². The summed E-state index contributed by atoms with van der Waals surface area (Å²) in [4.78, 5) is 43.0. The third kappa shape index (κ3) is 8.88. The average molecular weight is 610 g/mol. The Morgan fingerprint density at radius 2 is 1.63 bits per heavy atom. The van der Waals surface area contributed by atoms with Gasteiger partial charge in [0.25, 0.3) is 5.91 Å². The lowest BCUT2D eigenvalue weighted by Gasteiger charge is -2.38. The van der Waals surface area contributed by atoms with Crippen molar-refractivity contribution in [3.63, 3.8) is 0 Å². The van der Waals surface area contributed by atoms with E-state index in [4.69, 9.17) is 16.3 Å². The number of hydrogen-bond donors (Lipinski definition) is 4. The molecule has 0 spiro atoms. The van der Waals surface area contributed by atoms with Crippen LogP contribution in [-0.2, 0) is 20.7 Å². The van der Waals surface area contributed by atoms with Gasteiger partial charge in [0.1, 0.15) is 29.2 Å². The van der Waals surface area contributed by atoms with Crippen LogP contribution in [0.15, 0.2) is 66.7 Å². The average Bonchev–Trinajstić information content (AvgIpc) is 2.93. The second-order valence-electron chi connectivity index (χ2n) is 11.5. The molecule has 0 heterocycles. The third-order valence-electron chi connectivity index (χ3n) is 6.91. The molecule has 0 aliphatic heterocycles. The maximum atomic E-state index is 14.6. The van der Waals surface area contributed by atoms with E-state index < -0.39 is 41.6 Å². The molecular weight excluding hydrogens is 570 g/mol. The minimum absolute atomic E-state index is 0.0457. The van der Waals surface area contributed by atoms with Crippen LogP contribution in [0.3, 0.4) is 0 Å². The summed E-state index contributed by atoms with van der Waals surface area (Å²) in [5, 5.41) is 26.6. The fourth-order valence-corrected chi connectivity index (χ4v) is 4.88. The van der Waals surface area contributed by atoms with Crippen molar-refractivity contribution in [2.24, 2.45) is 0 Å². The molecule has 10 heteroatoms. The van der Waals surface area contributed by atoms with Gasteiger partial charge in [0.2, 0.25) is 5.91 Å². The Morgan fingerprint density at radius 3 is 2.21 bits per heavy atom. The van der Waals surface area contributed by atoms with Gasteiger partial charge in [0.15, 0.2) is 0 Å². The highest BCUT2D eigenvalue weighted by Gasteiger charge is 2.40. The van der Waals surface area contributed by atoms with Gasteiger partial charge < -0.3 is 30.5 Å². The van der Waals surface area contributed by atoms with E-state index >= 15 is 0 Å². The predicted molar refractivity (Wildman–Crippen MR) is 167 cm³/mol. The summed E-state index contributed by atoms with van der Waals surface area (Å²) in [7, 11) is 0. The first-order valence-electron chi connectivity index (χ1n) is 14.1. The number of para-hydroxylation sites is 2. The lowest BCUT2D eigenvalue weighted by atomic mass is 9.97. The van der Waals surface area contributed by atoms with Crippen molar-refractivity contribution in [3.05, 3.63) is 88.4 Å². The van der Waals surface area contributed by atoms with E-state index in [0.717, 1.165) is 5.56 Å². The number of nitrogens with one attached hydrogen (secondary N) is 2. The van der Waals surface area contributed by atoms with Gasteiger partial charge in [-0.25, -0.2) is 4.79 Å². The number of halogens is 1. The summed E-state index contributed by atoms with van der Waals surface area (Å²) in [5.74, 6) is -1.27. The molecule has 3 atom stereocenters. The minimum Gasteiger partial charge on any atom is -0.508 e. The van der Waals surface area contributed by atoms with Crippen LogP contribution in [0.2, 0.25) is 5.02 Å². The molecule has 3 unspecified atom stereocenters. The largest absolute Gasteiger partial charge is 0.508 e. The zero-order valence-electron chi connectivity index (χ0n) is 25.3. The molecule has 0 radical (unpaired) electrons. The number of aromatic hydroxyl groups is 2.